The molecule has 2 aliphatic heterocycles. The molecule has 2 rings (SSSR count). The number of hydrogen-bond donors (Lipinski definition) is 0. The highest BCUT2D eigenvalue weighted by atomic mass is 35.5. The normalized spacial score (nSPS) is 35.0. The summed E-state index contributed by atoms with van der Waals surface area (Å²) in [7, 11) is 0. The van der Waals surface area contributed by atoms with E-state index in [-0.39, 0.29) is 0 Å². The fraction of sp³-hybridized carbons (Fsp3) is 1.00. The average molecular weight is 227 g/mol. The topological polar surface area (TPSA) is 0 Å². The Morgan fingerprint density at radius 3 is 1.93 bits per heavy atom. The minimum Gasteiger partial charge on any atom is -0.126 e. The fourth-order valence-electron chi connectivity index (χ4n) is 4.11. The molecule has 0 nitrogen and oxygen atoms in total. The van der Waals surface area contributed by atoms with E-state index in [0.717, 1.165) is 30.0 Å². The second-order valence-electron chi connectivity index (χ2n) is 5.95. The van der Waals surface area contributed by atoms with Gasteiger partial charge in [0.1, 0.15) is 6.71 Å². The molecule has 0 aromatic heterocycles. The van der Waals surface area contributed by atoms with Crippen molar-refractivity contribution in [3.05, 3.63) is 0 Å². The quantitative estimate of drug-likeness (QED) is 0.476. The molecular formula is C13H24BCl. The summed E-state index contributed by atoms with van der Waals surface area (Å²) in [4.78, 5) is 0. The first-order valence-electron chi connectivity index (χ1n) is 6.80. The van der Waals surface area contributed by atoms with Crippen LogP contribution in [0.4, 0.5) is 0 Å². The Morgan fingerprint density at radius 1 is 1.07 bits per heavy atom. The van der Waals surface area contributed by atoms with Crippen LogP contribution in [0, 0.1) is 5.92 Å². The van der Waals surface area contributed by atoms with Gasteiger partial charge in [-0.1, -0.05) is 69.8 Å². The number of alkyl halides is 1. The van der Waals surface area contributed by atoms with Crippen LogP contribution in [0.3, 0.4) is 0 Å². The number of hydrogen-bond acceptors (Lipinski definition) is 0. The monoisotopic (exact) mass is 226 g/mol. The molecule has 2 heterocycles. The zero-order chi connectivity index (χ0) is 10.8. The first kappa shape index (κ1) is 11.8. The molecule has 0 aliphatic carbocycles. The van der Waals surface area contributed by atoms with E-state index in [1.54, 1.807) is 0 Å². The Hall–Kier alpha value is 0.355. The highest BCUT2D eigenvalue weighted by Crippen LogP contribution is 2.51. The van der Waals surface area contributed by atoms with E-state index in [1.807, 2.05) is 0 Å². The minimum atomic E-state index is 0.706. The molecule has 0 saturated carbocycles. The molecule has 15 heavy (non-hydrogen) atoms. The largest absolute Gasteiger partial charge is 0.149 e. The summed E-state index contributed by atoms with van der Waals surface area (Å²) in [5, 5.41) is 0. The Labute approximate surface area is 100 Å². The molecule has 0 spiro atoms. The molecule has 2 saturated heterocycles. The SMILES string of the molecule is C[C@@H](CCl)[C@@H](C)B1C2CCCC1CCC2. The average Bonchev–Trinajstić information content (AvgIpc) is 2.26. The number of rotatable bonds is 3. The van der Waals surface area contributed by atoms with E-state index in [0.29, 0.717) is 5.92 Å². The van der Waals surface area contributed by atoms with Crippen LogP contribution >= 0.6 is 11.6 Å². The third kappa shape index (κ3) is 2.38. The van der Waals surface area contributed by atoms with E-state index in [9.17, 15) is 0 Å². The van der Waals surface area contributed by atoms with Crippen molar-refractivity contribution in [2.75, 3.05) is 5.88 Å². The second kappa shape index (κ2) is 5.12. The summed E-state index contributed by atoms with van der Waals surface area (Å²) < 4.78 is 0. The molecule has 0 radical (unpaired) electrons. The van der Waals surface area contributed by atoms with E-state index >= 15 is 0 Å². The van der Waals surface area contributed by atoms with Gasteiger partial charge in [-0.15, -0.1) is 11.6 Å². The summed E-state index contributed by atoms with van der Waals surface area (Å²) in [6, 6.07) is 0. The molecule has 0 N–H and O–H groups in total. The van der Waals surface area contributed by atoms with Gasteiger partial charge < -0.3 is 0 Å². The van der Waals surface area contributed by atoms with Gasteiger partial charge in [0.15, 0.2) is 0 Å². The van der Waals surface area contributed by atoms with E-state index in [1.165, 1.54) is 38.5 Å². The van der Waals surface area contributed by atoms with Crippen molar-refractivity contribution in [1.29, 1.82) is 0 Å². The summed E-state index contributed by atoms with van der Waals surface area (Å²) in [5.74, 6) is 4.48. The third-order valence-corrected chi connectivity index (χ3v) is 5.62. The number of halogens is 1. The molecule has 0 amide bonds. The van der Waals surface area contributed by atoms with Crippen LogP contribution in [0.2, 0.25) is 17.5 Å². The smallest absolute Gasteiger partial charge is 0.126 e. The van der Waals surface area contributed by atoms with Gasteiger partial charge >= 0.3 is 0 Å². The lowest BCUT2D eigenvalue weighted by Crippen LogP contribution is -2.39. The second-order valence-corrected chi connectivity index (χ2v) is 6.26. The minimum absolute atomic E-state index is 0.706. The molecule has 0 aromatic rings. The predicted octanol–water partition coefficient (Wildman–Crippen LogP) is 4.85. The molecule has 0 unspecified atom stereocenters. The molecule has 2 fully saturated rings. The maximum absolute atomic E-state index is 6.02. The van der Waals surface area contributed by atoms with Crippen LogP contribution in [0.5, 0.6) is 0 Å². The van der Waals surface area contributed by atoms with Gasteiger partial charge in [0.05, 0.1) is 0 Å². The van der Waals surface area contributed by atoms with Crippen LogP contribution in [0.15, 0.2) is 0 Å². The molecule has 2 atom stereocenters. The highest BCUT2D eigenvalue weighted by Gasteiger charge is 2.42. The van der Waals surface area contributed by atoms with Gasteiger partial charge in [-0.3, -0.25) is 0 Å². The predicted molar refractivity (Wildman–Crippen MR) is 70.3 cm³/mol. The fourth-order valence-corrected chi connectivity index (χ4v) is 4.39. The molecule has 2 bridgehead atoms. The zero-order valence-corrected chi connectivity index (χ0v) is 11.0. The summed E-state index contributed by atoms with van der Waals surface area (Å²) >= 11 is 6.02. The lowest BCUT2D eigenvalue weighted by molar-refractivity contribution is 0.424. The van der Waals surface area contributed by atoms with Crippen LogP contribution in [-0.4, -0.2) is 12.6 Å². The first-order valence-corrected chi connectivity index (χ1v) is 7.33. The summed E-state index contributed by atoms with van der Waals surface area (Å²) in [5.41, 5.74) is 0. The standard InChI is InChI=1S/C13H24BCl/c1-10(9-15)11(2)14-12-5-3-6-13(14)8-4-7-12/h10-13H,3-9H2,1-2H3/t10-,11+,12?,13?/m0/s1. The third-order valence-electron chi connectivity index (χ3n) is 5.14. The summed E-state index contributed by atoms with van der Waals surface area (Å²) in [6.07, 6.45) is 8.99. The van der Waals surface area contributed by atoms with E-state index in [4.69, 9.17) is 11.6 Å². The number of fused-ring (bicyclic) bond motifs is 2. The first-order chi connectivity index (χ1) is 7.24. The Bertz CT molecular complexity index is 185. The lowest BCUT2D eigenvalue weighted by Gasteiger charge is -2.44. The maximum Gasteiger partial charge on any atom is 0.149 e. The maximum atomic E-state index is 6.02. The summed E-state index contributed by atoms with van der Waals surface area (Å²) in [6.45, 7) is 5.79. The Balaban J connectivity index is 2.05. The van der Waals surface area contributed by atoms with Gasteiger partial charge in [0.25, 0.3) is 0 Å². The van der Waals surface area contributed by atoms with Crippen LogP contribution < -0.4 is 0 Å². The van der Waals surface area contributed by atoms with Crippen molar-refractivity contribution in [2.45, 2.75) is 69.8 Å². The Kier molecular flexibility index (Phi) is 4.04. The van der Waals surface area contributed by atoms with Crippen molar-refractivity contribution in [1.82, 2.24) is 0 Å². The van der Waals surface area contributed by atoms with Crippen molar-refractivity contribution in [3.8, 4) is 0 Å². The molecular weight excluding hydrogens is 202 g/mol. The highest BCUT2D eigenvalue weighted by molar-refractivity contribution is 6.64. The van der Waals surface area contributed by atoms with Gasteiger partial charge in [-0.05, 0) is 5.92 Å². The van der Waals surface area contributed by atoms with E-state index in [2.05, 4.69) is 13.8 Å². The van der Waals surface area contributed by atoms with Gasteiger partial charge in [0.2, 0.25) is 0 Å². The van der Waals surface area contributed by atoms with Crippen LogP contribution in [0.25, 0.3) is 0 Å². The van der Waals surface area contributed by atoms with E-state index < -0.39 is 0 Å². The molecule has 0 aromatic carbocycles. The molecule has 2 aliphatic rings. The Morgan fingerprint density at radius 2 is 1.53 bits per heavy atom. The van der Waals surface area contributed by atoms with Gasteiger partial charge in [0, 0.05) is 5.88 Å². The molecule has 2 heteroatoms. The lowest BCUT2D eigenvalue weighted by atomic mass is 9.21. The van der Waals surface area contributed by atoms with Gasteiger partial charge in [-0.25, -0.2) is 0 Å². The van der Waals surface area contributed by atoms with Crippen molar-refractivity contribution >= 4 is 18.3 Å². The van der Waals surface area contributed by atoms with Gasteiger partial charge in [-0.2, -0.15) is 0 Å². The van der Waals surface area contributed by atoms with Crippen molar-refractivity contribution in [2.24, 2.45) is 5.92 Å². The van der Waals surface area contributed by atoms with Crippen LogP contribution in [-0.2, 0) is 0 Å². The molecule has 86 valence electrons. The van der Waals surface area contributed by atoms with Crippen molar-refractivity contribution < 1.29 is 0 Å². The van der Waals surface area contributed by atoms with Crippen LogP contribution in [0.1, 0.15) is 52.4 Å². The van der Waals surface area contributed by atoms with Crippen molar-refractivity contribution in [3.63, 3.8) is 0 Å². The zero-order valence-electron chi connectivity index (χ0n) is 10.2.